The molecule has 2 aromatic rings. The smallest absolute Gasteiger partial charge is 0.191 e. The fourth-order valence-electron chi connectivity index (χ4n) is 1.82. The zero-order chi connectivity index (χ0) is 17.5. The molecule has 0 aliphatic rings. The largest absolute Gasteiger partial charge is 0.503 e. The summed E-state index contributed by atoms with van der Waals surface area (Å²) >= 11 is 11.1. The van der Waals surface area contributed by atoms with Gasteiger partial charge in [0, 0.05) is 5.69 Å². The Kier molecular flexibility index (Phi) is 6.22. The molecule has 0 aromatic heterocycles. The van der Waals surface area contributed by atoms with Crippen LogP contribution in [0.2, 0.25) is 5.02 Å². The third-order valence-electron chi connectivity index (χ3n) is 3.00. The first-order valence-corrected chi connectivity index (χ1v) is 7.62. The first-order chi connectivity index (χ1) is 11.5. The molecule has 2 aromatic carbocycles. The van der Waals surface area contributed by atoms with Crippen molar-refractivity contribution in [2.24, 2.45) is 5.10 Å². The van der Waals surface area contributed by atoms with Crippen molar-refractivity contribution < 1.29 is 14.6 Å². The molecular formula is C16H16ClN3O3S. The number of hydrazone groups is 1. The Morgan fingerprint density at radius 1 is 1.21 bits per heavy atom. The highest BCUT2D eigenvalue weighted by Crippen LogP contribution is 2.34. The Balaban J connectivity index is 1.95. The predicted molar refractivity (Wildman–Crippen MR) is 99.6 cm³/mol. The predicted octanol–water partition coefficient (Wildman–Crippen LogP) is 3.38. The van der Waals surface area contributed by atoms with Gasteiger partial charge >= 0.3 is 0 Å². The molecule has 6 nitrogen and oxygen atoms in total. The first kappa shape index (κ1) is 17.8. The van der Waals surface area contributed by atoms with Crippen LogP contribution in [0.5, 0.6) is 17.2 Å². The number of phenols is 1. The number of phenolic OH excluding ortho intramolecular Hbond substituents is 1. The molecule has 3 N–H and O–H groups in total. The number of nitrogens with zero attached hydrogens (tertiary/aromatic N) is 1. The van der Waals surface area contributed by atoms with E-state index in [1.165, 1.54) is 13.3 Å². The van der Waals surface area contributed by atoms with Gasteiger partial charge in [0.1, 0.15) is 5.75 Å². The minimum atomic E-state index is -0.110. The molecule has 0 saturated heterocycles. The van der Waals surface area contributed by atoms with Crippen LogP contribution in [-0.2, 0) is 0 Å². The second kappa shape index (κ2) is 8.37. The van der Waals surface area contributed by atoms with E-state index >= 15 is 0 Å². The fraction of sp³-hybridized carbons (Fsp3) is 0.125. The Morgan fingerprint density at radius 2 is 1.92 bits per heavy atom. The van der Waals surface area contributed by atoms with Gasteiger partial charge in [-0.2, -0.15) is 5.10 Å². The van der Waals surface area contributed by atoms with E-state index in [2.05, 4.69) is 15.8 Å². The van der Waals surface area contributed by atoms with E-state index in [0.29, 0.717) is 10.7 Å². The van der Waals surface area contributed by atoms with Gasteiger partial charge in [-0.1, -0.05) is 11.6 Å². The Labute approximate surface area is 150 Å². The van der Waals surface area contributed by atoms with Crippen LogP contribution < -0.4 is 20.2 Å². The normalized spacial score (nSPS) is 10.5. The molecule has 0 atom stereocenters. The lowest BCUT2D eigenvalue weighted by Crippen LogP contribution is -2.23. The van der Waals surface area contributed by atoms with Crippen LogP contribution in [0.4, 0.5) is 5.69 Å². The first-order valence-electron chi connectivity index (χ1n) is 6.84. The maximum Gasteiger partial charge on any atom is 0.191 e. The van der Waals surface area contributed by atoms with Crippen molar-refractivity contribution in [2.75, 3.05) is 19.5 Å². The summed E-state index contributed by atoms with van der Waals surface area (Å²) in [5.74, 6) is 0.916. The quantitative estimate of drug-likeness (QED) is 0.428. The van der Waals surface area contributed by atoms with E-state index in [0.717, 1.165) is 11.4 Å². The number of anilines is 1. The van der Waals surface area contributed by atoms with Crippen molar-refractivity contribution >= 4 is 40.8 Å². The lowest BCUT2D eigenvalue weighted by Gasteiger charge is -2.08. The van der Waals surface area contributed by atoms with Crippen molar-refractivity contribution in [1.82, 2.24) is 5.43 Å². The average Bonchev–Trinajstić information content (AvgIpc) is 2.58. The van der Waals surface area contributed by atoms with Gasteiger partial charge in [0.05, 0.1) is 25.5 Å². The van der Waals surface area contributed by atoms with Gasteiger partial charge in [-0.05, 0) is 54.2 Å². The molecule has 24 heavy (non-hydrogen) atoms. The maximum atomic E-state index is 9.68. The van der Waals surface area contributed by atoms with Crippen molar-refractivity contribution in [2.45, 2.75) is 0 Å². The molecule has 0 aliphatic heterocycles. The standard InChI is InChI=1S/C16H16ClN3O3S/c1-22-12-5-3-11(4-6-12)19-16(24)20-18-9-10-7-13(17)15(21)14(8-10)23-2/h3-9,21H,1-2H3,(H2,19,20,24)/b18-9+. The molecule has 0 radical (unpaired) electrons. The monoisotopic (exact) mass is 365 g/mol. The molecule has 0 fully saturated rings. The van der Waals surface area contributed by atoms with Crippen molar-refractivity contribution in [3.8, 4) is 17.2 Å². The molecular weight excluding hydrogens is 350 g/mol. The Bertz CT molecular complexity index is 751. The zero-order valence-corrected chi connectivity index (χ0v) is 14.6. The summed E-state index contributed by atoms with van der Waals surface area (Å²) in [5.41, 5.74) is 4.14. The van der Waals surface area contributed by atoms with Crippen LogP contribution in [0.1, 0.15) is 5.56 Å². The number of methoxy groups -OCH3 is 2. The molecule has 2 rings (SSSR count). The minimum Gasteiger partial charge on any atom is -0.503 e. The number of hydrogen-bond donors (Lipinski definition) is 3. The molecule has 0 unspecified atom stereocenters. The highest BCUT2D eigenvalue weighted by atomic mass is 35.5. The number of nitrogens with one attached hydrogen (secondary N) is 2. The summed E-state index contributed by atoms with van der Waals surface area (Å²) in [7, 11) is 3.05. The van der Waals surface area contributed by atoms with Gasteiger partial charge in [0.25, 0.3) is 0 Å². The Hall–Kier alpha value is -2.51. The third-order valence-corrected chi connectivity index (χ3v) is 3.48. The number of aromatic hydroxyl groups is 1. The van der Waals surface area contributed by atoms with E-state index in [1.807, 2.05) is 24.3 Å². The van der Waals surface area contributed by atoms with Crippen molar-refractivity contribution in [3.05, 3.63) is 47.0 Å². The molecule has 8 heteroatoms. The van der Waals surface area contributed by atoms with E-state index in [1.54, 1.807) is 19.2 Å². The second-order valence-corrected chi connectivity index (χ2v) is 5.42. The van der Waals surface area contributed by atoms with Crippen LogP contribution >= 0.6 is 23.8 Å². The number of benzene rings is 2. The van der Waals surface area contributed by atoms with Crippen molar-refractivity contribution in [1.29, 1.82) is 0 Å². The lowest BCUT2D eigenvalue weighted by molar-refractivity contribution is 0.373. The topological polar surface area (TPSA) is 75.1 Å². The van der Waals surface area contributed by atoms with Crippen LogP contribution in [-0.4, -0.2) is 30.7 Å². The van der Waals surface area contributed by atoms with Crippen LogP contribution in [0.25, 0.3) is 0 Å². The maximum absolute atomic E-state index is 9.68. The zero-order valence-electron chi connectivity index (χ0n) is 13.0. The summed E-state index contributed by atoms with van der Waals surface area (Å²) in [6.07, 6.45) is 1.51. The minimum absolute atomic E-state index is 0.110. The molecule has 126 valence electrons. The molecule has 0 heterocycles. The summed E-state index contributed by atoms with van der Waals surface area (Å²) in [6, 6.07) is 10.5. The number of hydrogen-bond acceptors (Lipinski definition) is 5. The highest BCUT2D eigenvalue weighted by Gasteiger charge is 2.07. The van der Waals surface area contributed by atoms with Crippen molar-refractivity contribution in [3.63, 3.8) is 0 Å². The third kappa shape index (κ3) is 4.74. The van der Waals surface area contributed by atoms with Gasteiger partial charge < -0.3 is 19.9 Å². The molecule has 0 amide bonds. The number of thiocarbonyl (C=S) groups is 1. The molecule has 0 spiro atoms. The SMILES string of the molecule is COc1ccc(NC(=S)N/N=C/c2cc(Cl)c(O)c(OC)c2)cc1. The average molecular weight is 366 g/mol. The summed E-state index contributed by atoms with van der Waals surface area (Å²) in [4.78, 5) is 0. The van der Waals surface area contributed by atoms with Gasteiger partial charge in [-0.3, -0.25) is 5.43 Å². The molecule has 0 saturated carbocycles. The summed E-state index contributed by atoms with van der Waals surface area (Å²) in [5, 5.41) is 17.2. The van der Waals surface area contributed by atoms with Crippen LogP contribution in [0.15, 0.2) is 41.5 Å². The van der Waals surface area contributed by atoms with Crippen LogP contribution in [0, 0.1) is 0 Å². The van der Waals surface area contributed by atoms with Crippen LogP contribution in [0.3, 0.4) is 0 Å². The van der Waals surface area contributed by atoms with E-state index < -0.39 is 0 Å². The Morgan fingerprint density at radius 3 is 2.54 bits per heavy atom. The molecule has 0 bridgehead atoms. The number of rotatable bonds is 5. The molecule has 0 aliphatic carbocycles. The lowest BCUT2D eigenvalue weighted by atomic mass is 10.2. The van der Waals surface area contributed by atoms with Gasteiger partial charge in [-0.15, -0.1) is 0 Å². The van der Waals surface area contributed by atoms with Gasteiger partial charge in [0.15, 0.2) is 16.6 Å². The van der Waals surface area contributed by atoms with E-state index in [-0.39, 0.29) is 16.5 Å². The summed E-state index contributed by atoms with van der Waals surface area (Å²) in [6.45, 7) is 0. The summed E-state index contributed by atoms with van der Waals surface area (Å²) < 4.78 is 10.1. The highest BCUT2D eigenvalue weighted by molar-refractivity contribution is 7.80. The second-order valence-electron chi connectivity index (χ2n) is 4.61. The number of ether oxygens (including phenoxy) is 2. The van der Waals surface area contributed by atoms with E-state index in [9.17, 15) is 5.11 Å². The fourth-order valence-corrected chi connectivity index (χ4v) is 2.21. The number of halogens is 1. The van der Waals surface area contributed by atoms with Gasteiger partial charge in [0.2, 0.25) is 0 Å². The van der Waals surface area contributed by atoms with Gasteiger partial charge in [-0.25, -0.2) is 0 Å². The van der Waals surface area contributed by atoms with E-state index in [4.69, 9.17) is 33.3 Å².